The van der Waals surface area contributed by atoms with Gasteiger partial charge in [0, 0.05) is 19.2 Å². The highest BCUT2D eigenvalue weighted by Crippen LogP contribution is 2.24. The Morgan fingerprint density at radius 2 is 2.10 bits per heavy atom. The fourth-order valence-electron chi connectivity index (χ4n) is 2.03. The molecule has 4 nitrogen and oxygen atoms in total. The van der Waals surface area contributed by atoms with Crippen molar-refractivity contribution in [3.8, 4) is 0 Å². The van der Waals surface area contributed by atoms with E-state index in [9.17, 15) is 4.39 Å². The first-order valence-corrected chi connectivity index (χ1v) is 7.56. The van der Waals surface area contributed by atoms with E-state index < -0.39 is 5.82 Å². The van der Waals surface area contributed by atoms with Crippen molar-refractivity contribution >= 4 is 34.2 Å². The summed E-state index contributed by atoms with van der Waals surface area (Å²) < 4.78 is 21.1. The molecular formula is C14H18Cl2FN3O. The molecule has 0 saturated carbocycles. The smallest absolute Gasteiger partial charge is 0.144 e. The second kappa shape index (κ2) is 7.40. The van der Waals surface area contributed by atoms with Gasteiger partial charge in [0.2, 0.25) is 0 Å². The average molecular weight is 334 g/mol. The summed E-state index contributed by atoms with van der Waals surface area (Å²) >= 11 is 11.7. The second-order valence-electron chi connectivity index (χ2n) is 4.98. The minimum Gasteiger partial charge on any atom is -0.378 e. The summed E-state index contributed by atoms with van der Waals surface area (Å²) in [5.41, 5.74) is 1.33. The number of ether oxygens (including phenoxy) is 1. The van der Waals surface area contributed by atoms with Crippen LogP contribution in [0.1, 0.15) is 5.82 Å². The minimum absolute atomic E-state index is 0.0653. The SMILES string of the molecule is CN(C)CCOCCn1c(CCl)nc2cc(Cl)c(F)cc21. The number of hydrogen-bond donors (Lipinski definition) is 0. The number of hydrogen-bond acceptors (Lipinski definition) is 3. The van der Waals surface area contributed by atoms with Gasteiger partial charge in [-0.05, 0) is 20.2 Å². The predicted octanol–water partition coefficient (Wildman–Crippen LogP) is 3.15. The molecule has 0 aliphatic heterocycles. The predicted molar refractivity (Wildman–Crippen MR) is 83.6 cm³/mol. The number of imidazole rings is 1. The maximum absolute atomic E-state index is 13.6. The highest BCUT2D eigenvalue weighted by molar-refractivity contribution is 6.31. The van der Waals surface area contributed by atoms with Gasteiger partial charge < -0.3 is 14.2 Å². The lowest BCUT2D eigenvalue weighted by Gasteiger charge is -2.11. The van der Waals surface area contributed by atoms with Crippen LogP contribution in [0.3, 0.4) is 0 Å². The van der Waals surface area contributed by atoms with Crippen molar-refractivity contribution < 1.29 is 9.13 Å². The molecular weight excluding hydrogens is 316 g/mol. The third-order valence-corrected chi connectivity index (χ3v) is 3.66. The van der Waals surface area contributed by atoms with Crippen molar-refractivity contribution in [1.29, 1.82) is 0 Å². The Morgan fingerprint density at radius 1 is 1.33 bits per heavy atom. The lowest BCUT2D eigenvalue weighted by atomic mass is 10.3. The maximum atomic E-state index is 13.6. The van der Waals surface area contributed by atoms with E-state index in [0.717, 1.165) is 6.54 Å². The Hall–Kier alpha value is -0.880. The monoisotopic (exact) mass is 333 g/mol. The van der Waals surface area contributed by atoms with E-state index in [4.69, 9.17) is 27.9 Å². The summed E-state index contributed by atoms with van der Waals surface area (Å²) in [5.74, 6) is 0.482. The molecule has 0 atom stereocenters. The van der Waals surface area contributed by atoms with E-state index >= 15 is 0 Å². The summed E-state index contributed by atoms with van der Waals surface area (Å²) in [6, 6.07) is 2.91. The molecule has 0 N–H and O–H groups in total. The van der Waals surface area contributed by atoms with Crippen LogP contribution in [0.5, 0.6) is 0 Å². The van der Waals surface area contributed by atoms with Gasteiger partial charge in [-0.2, -0.15) is 0 Å². The van der Waals surface area contributed by atoms with Crippen LogP contribution in [0.15, 0.2) is 12.1 Å². The van der Waals surface area contributed by atoms with Crippen LogP contribution < -0.4 is 0 Å². The lowest BCUT2D eigenvalue weighted by Crippen LogP contribution is -2.19. The topological polar surface area (TPSA) is 30.3 Å². The van der Waals surface area contributed by atoms with Crippen molar-refractivity contribution in [3.63, 3.8) is 0 Å². The van der Waals surface area contributed by atoms with Crippen LogP contribution in [0.2, 0.25) is 5.02 Å². The van der Waals surface area contributed by atoms with Gasteiger partial charge in [-0.25, -0.2) is 9.37 Å². The quantitative estimate of drug-likeness (QED) is 0.576. The largest absolute Gasteiger partial charge is 0.378 e. The molecule has 0 unspecified atom stereocenters. The molecule has 0 aliphatic carbocycles. The number of halogens is 3. The van der Waals surface area contributed by atoms with E-state index in [1.165, 1.54) is 12.1 Å². The molecule has 1 heterocycles. The molecule has 7 heteroatoms. The Balaban J connectivity index is 2.12. The van der Waals surface area contributed by atoms with Crippen molar-refractivity contribution in [1.82, 2.24) is 14.5 Å². The molecule has 1 aromatic carbocycles. The van der Waals surface area contributed by atoms with Crippen LogP contribution in [0.25, 0.3) is 11.0 Å². The first-order valence-electron chi connectivity index (χ1n) is 6.65. The summed E-state index contributed by atoms with van der Waals surface area (Å²) in [6.07, 6.45) is 0. The van der Waals surface area contributed by atoms with Gasteiger partial charge in [0.15, 0.2) is 0 Å². The van der Waals surface area contributed by atoms with Gasteiger partial charge in [-0.3, -0.25) is 0 Å². The zero-order valence-corrected chi connectivity index (χ0v) is 13.6. The van der Waals surface area contributed by atoms with Gasteiger partial charge >= 0.3 is 0 Å². The Kier molecular flexibility index (Phi) is 5.81. The van der Waals surface area contributed by atoms with Crippen LogP contribution in [-0.2, 0) is 17.2 Å². The first-order chi connectivity index (χ1) is 10.0. The Bertz CT molecular complexity index is 616. The first kappa shape index (κ1) is 16.5. The van der Waals surface area contributed by atoms with Gasteiger partial charge in [-0.1, -0.05) is 11.6 Å². The van der Waals surface area contributed by atoms with E-state index in [-0.39, 0.29) is 10.9 Å². The number of fused-ring (bicyclic) bond motifs is 1. The zero-order valence-electron chi connectivity index (χ0n) is 12.1. The summed E-state index contributed by atoms with van der Waals surface area (Å²) in [6.45, 7) is 2.60. The fourth-order valence-corrected chi connectivity index (χ4v) is 2.39. The average Bonchev–Trinajstić information content (AvgIpc) is 2.76. The molecule has 0 aliphatic rings. The number of nitrogens with zero attached hydrogens (tertiary/aromatic N) is 3. The molecule has 0 spiro atoms. The third kappa shape index (κ3) is 4.07. The normalized spacial score (nSPS) is 11.7. The van der Waals surface area contributed by atoms with Gasteiger partial charge in [0.1, 0.15) is 11.6 Å². The summed E-state index contributed by atoms with van der Waals surface area (Å²) in [5, 5.41) is 0.0653. The highest BCUT2D eigenvalue weighted by Gasteiger charge is 2.13. The van der Waals surface area contributed by atoms with Gasteiger partial charge in [0.25, 0.3) is 0 Å². The molecule has 1 aromatic heterocycles. The van der Waals surface area contributed by atoms with E-state index in [0.29, 0.717) is 36.6 Å². The lowest BCUT2D eigenvalue weighted by molar-refractivity contribution is 0.111. The molecule has 2 aromatic rings. The van der Waals surface area contributed by atoms with Crippen molar-refractivity contribution in [3.05, 3.63) is 28.8 Å². The Morgan fingerprint density at radius 3 is 2.76 bits per heavy atom. The standard InChI is InChI=1S/C14H18Cl2FN3O/c1-19(2)3-5-21-6-4-20-13-8-11(17)10(16)7-12(13)18-14(20)9-15/h7-8H,3-6,9H2,1-2H3. The minimum atomic E-state index is -0.458. The van der Waals surface area contributed by atoms with Crippen LogP contribution in [0, 0.1) is 5.82 Å². The summed E-state index contributed by atoms with van der Waals surface area (Å²) in [4.78, 5) is 6.43. The molecule has 21 heavy (non-hydrogen) atoms. The molecule has 2 rings (SSSR count). The maximum Gasteiger partial charge on any atom is 0.144 e. The van der Waals surface area contributed by atoms with E-state index in [1.807, 2.05) is 23.6 Å². The number of likely N-dealkylation sites (N-methyl/N-ethyl adjacent to an activating group) is 1. The molecule has 0 fully saturated rings. The van der Waals surface area contributed by atoms with Gasteiger partial charge in [0.05, 0.1) is 35.1 Å². The number of rotatable bonds is 7. The number of benzene rings is 1. The van der Waals surface area contributed by atoms with Crippen molar-refractivity contribution in [2.24, 2.45) is 0 Å². The van der Waals surface area contributed by atoms with Crippen LogP contribution in [-0.4, -0.2) is 48.3 Å². The number of aromatic nitrogens is 2. The Labute approximate surface area is 133 Å². The van der Waals surface area contributed by atoms with E-state index in [1.54, 1.807) is 0 Å². The zero-order chi connectivity index (χ0) is 15.4. The number of alkyl halides is 1. The molecule has 0 saturated heterocycles. The fraction of sp³-hybridized carbons (Fsp3) is 0.500. The molecule has 116 valence electrons. The molecule has 0 bridgehead atoms. The molecule has 0 radical (unpaired) electrons. The van der Waals surface area contributed by atoms with Crippen LogP contribution in [0.4, 0.5) is 4.39 Å². The highest BCUT2D eigenvalue weighted by atomic mass is 35.5. The molecule has 0 amide bonds. The van der Waals surface area contributed by atoms with E-state index in [2.05, 4.69) is 4.98 Å². The van der Waals surface area contributed by atoms with Gasteiger partial charge in [-0.15, -0.1) is 11.6 Å². The summed E-state index contributed by atoms with van der Waals surface area (Å²) in [7, 11) is 3.98. The van der Waals surface area contributed by atoms with Crippen molar-refractivity contribution in [2.75, 3.05) is 33.9 Å². The van der Waals surface area contributed by atoms with Crippen molar-refractivity contribution in [2.45, 2.75) is 12.4 Å². The van der Waals surface area contributed by atoms with Crippen LogP contribution >= 0.6 is 23.2 Å². The second-order valence-corrected chi connectivity index (χ2v) is 5.66. The third-order valence-electron chi connectivity index (χ3n) is 3.13.